The Kier molecular flexibility index (Phi) is 4.04. The molecule has 4 heteroatoms. The van der Waals surface area contributed by atoms with Crippen LogP contribution in [0, 0.1) is 0 Å². The zero-order chi connectivity index (χ0) is 12.8. The number of aromatic nitrogens is 1. The fraction of sp³-hybridized carbons (Fsp3) is 0.143. The fourth-order valence-electron chi connectivity index (χ4n) is 1.55. The highest BCUT2D eigenvalue weighted by Gasteiger charge is 2.07. The van der Waals surface area contributed by atoms with E-state index in [2.05, 4.69) is 15.8 Å². The molecular weight excluding hydrogens is 226 g/mol. The van der Waals surface area contributed by atoms with Crippen LogP contribution in [0.15, 0.2) is 54.9 Å². The maximum absolute atomic E-state index is 11.8. The molecule has 1 unspecified atom stereocenters. The molecule has 0 aliphatic carbocycles. The van der Waals surface area contributed by atoms with Crippen molar-refractivity contribution in [2.45, 2.75) is 13.0 Å². The van der Waals surface area contributed by atoms with Crippen LogP contribution in [0.3, 0.4) is 0 Å². The molecule has 0 aliphatic rings. The highest BCUT2D eigenvalue weighted by molar-refractivity contribution is 5.93. The third-order valence-corrected chi connectivity index (χ3v) is 2.62. The number of nitrogens with one attached hydrogen (secondary N) is 2. The molecule has 0 aliphatic heterocycles. The number of hydrogen-bond donors (Lipinski definition) is 2. The molecule has 0 radical (unpaired) electrons. The largest absolute Gasteiger partial charge is 0.287 e. The number of nitrogens with zero attached hydrogens (tertiary/aromatic N) is 1. The summed E-state index contributed by atoms with van der Waals surface area (Å²) in [5, 5.41) is 0. The topological polar surface area (TPSA) is 54.0 Å². The van der Waals surface area contributed by atoms with E-state index in [1.165, 1.54) is 0 Å². The van der Waals surface area contributed by atoms with Gasteiger partial charge in [0.25, 0.3) is 5.91 Å². The van der Waals surface area contributed by atoms with Crippen LogP contribution in [-0.4, -0.2) is 10.9 Å². The Hall–Kier alpha value is -2.20. The summed E-state index contributed by atoms with van der Waals surface area (Å²) >= 11 is 0. The van der Waals surface area contributed by atoms with E-state index in [4.69, 9.17) is 0 Å². The van der Waals surface area contributed by atoms with Crippen LogP contribution in [0.4, 0.5) is 0 Å². The molecule has 0 spiro atoms. The number of pyridine rings is 1. The van der Waals surface area contributed by atoms with Crippen molar-refractivity contribution in [3.63, 3.8) is 0 Å². The van der Waals surface area contributed by atoms with E-state index in [-0.39, 0.29) is 11.9 Å². The first-order valence-electron chi connectivity index (χ1n) is 5.78. The summed E-state index contributed by atoms with van der Waals surface area (Å²) in [6, 6.07) is 12.9. The lowest BCUT2D eigenvalue weighted by molar-refractivity contribution is 0.0926. The second-order valence-electron chi connectivity index (χ2n) is 3.97. The fourth-order valence-corrected chi connectivity index (χ4v) is 1.55. The number of carbonyl (C=O) groups excluding carboxylic acids is 1. The lowest BCUT2D eigenvalue weighted by Gasteiger charge is -2.14. The highest BCUT2D eigenvalue weighted by atomic mass is 16.2. The first-order chi connectivity index (χ1) is 8.77. The Morgan fingerprint density at radius 2 is 1.94 bits per heavy atom. The smallest absolute Gasteiger partial charge is 0.265 e. The van der Waals surface area contributed by atoms with Crippen LogP contribution >= 0.6 is 0 Å². The van der Waals surface area contributed by atoms with E-state index < -0.39 is 0 Å². The molecule has 0 saturated heterocycles. The third kappa shape index (κ3) is 3.15. The van der Waals surface area contributed by atoms with Crippen molar-refractivity contribution in [3.05, 3.63) is 66.0 Å². The van der Waals surface area contributed by atoms with Crippen molar-refractivity contribution >= 4 is 5.91 Å². The zero-order valence-electron chi connectivity index (χ0n) is 10.1. The summed E-state index contributed by atoms with van der Waals surface area (Å²) in [4.78, 5) is 15.8. The number of rotatable bonds is 4. The molecule has 18 heavy (non-hydrogen) atoms. The molecule has 1 atom stereocenters. The van der Waals surface area contributed by atoms with Gasteiger partial charge in [0.1, 0.15) is 0 Å². The molecule has 1 heterocycles. The first-order valence-corrected chi connectivity index (χ1v) is 5.78. The monoisotopic (exact) mass is 241 g/mol. The van der Waals surface area contributed by atoms with Gasteiger partial charge in [0.2, 0.25) is 0 Å². The molecule has 2 rings (SSSR count). The number of amides is 1. The summed E-state index contributed by atoms with van der Waals surface area (Å²) < 4.78 is 0. The summed E-state index contributed by atoms with van der Waals surface area (Å²) in [5.74, 6) is -0.147. The Morgan fingerprint density at radius 1 is 1.17 bits per heavy atom. The zero-order valence-corrected chi connectivity index (χ0v) is 10.1. The minimum Gasteiger partial charge on any atom is -0.287 e. The maximum atomic E-state index is 11.8. The Labute approximate surface area is 106 Å². The van der Waals surface area contributed by atoms with Crippen LogP contribution in [0.1, 0.15) is 28.9 Å². The SMILES string of the molecule is CC(NNC(=O)c1ccccc1)c1cccnc1. The van der Waals surface area contributed by atoms with Gasteiger partial charge in [-0.2, -0.15) is 0 Å². The van der Waals surface area contributed by atoms with Gasteiger partial charge in [0, 0.05) is 24.0 Å². The minimum atomic E-state index is -0.147. The van der Waals surface area contributed by atoms with Gasteiger partial charge in [-0.3, -0.25) is 15.2 Å². The highest BCUT2D eigenvalue weighted by Crippen LogP contribution is 2.08. The standard InChI is InChI=1S/C14H15N3O/c1-11(13-8-5-9-15-10-13)16-17-14(18)12-6-3-2-4-7-12/h2-11,16H,1H3,(H,17,18). The average molecular weight is 241 g/mol. The Morgan fingerprint density at radius 3 is 2.61 bits per heavy atom. The molecule has 2 N–H and O–H groups in total. The van der Waals surface area contributed by atoms with Crippen molar-refractivity contribution in [3.8, 4) is 0 Å². The van der Waals surface area contributed by atoms with Gasteiger partial charge < -0.3 is 0 Å². The van der Waals surface area contributed by atoms with Crippen LogP contribution < -0.4 is 10.9 Å². The second kappa shape index (κ2) is 5.93. The third-order valence-electron chi connectivity index (χ3n) is 2.62. The normalized spacial score (nSPS) is 11.8. The summed E-state index contributed by atoms with van der Waals surface area (Å²) in [6.07, 6.45) is 3.49. The number of hydrogen-bond acceptors (Lipinski definition) is 3. The minimum absolute atomic E-state index is 0.00589. The van der Waals surface area contributed by atoms with Crippen molar-refractivity contribution in [1.82, 2.24) is 15.8 Å². The van der Waals surface area contributed by atoms with Gasteiger partial charge in [0.15, 0.2) is 0 Å². The molecule has 2 aromatic rings. The second-order valence-corrected chi connectivity index (χ2v) is 3.97. The summed E-state index contributed by atoms with van der Waals surface area (Å²) in [5.41, 5.74) is 7.29. The predicted octanol–water partition coefficient (Wildman–Crippen LogP) is 2.08. The van der Waals surface area contributed by atoms with E-state index in [9.17, 15) is 4.79 Å². The molecule has 0 bridgehead atoms. The molecule has 1 amide bonds. The maximum Gasteiger partial charge on any atom is 0.265 e. The quantitative estimate of drug-likeness (QED) is 0.806. The van der Waals surface area contributed by atoms with Gasteiger partial charge in [-0.1, -0.05) is 24.3 Å². The van der Waals surface area contributed by atoms with Crippen LogP contribution in [0.2, 0.25) is 0 Å². The van der Waals surface area contributed by atoms with Crippen LogP contribution in [-0.2, 0) is 0 Å². The van der Waals surface area contributed by atoms with E-state index in [1.54, 1.807) is 24.5 Å². The molecule has 1 aromatic heterocycles. The number of hydrazine groups is 1. The molecule has 4 nitrogen and oxygen atoms in total. The summed E-state index contributed by atoms with van der Waals surface area (Å²) in [6.45, 7) is 1.96. The van der Waals surface area contributed by atoms with Gasteiger partial charge >= 0.3 is 0 Å². The van der Waals surface area contributed by atoms with Crippen molar-refractivity contribution < 1.29 is 4.79 Å². The van der Waals surface area contributed by atoms with Crippen molar-refractivity contribution in [1.29, 1.82) is 0 Å². The number of carbonyl (C=O) groups is 1. The number of benzene rings is 1. The Balaban J connectivity index is 1.91. The predicted molar refractivity (Wildman–Crippen MR) is 69.7 cm³/mol. The van der Waals surface area contributed by atoms with Crippen molar-refractivity contribution in [2.75, 3.05) is 0 Å². The Bertz CT molecular complexity index is 499. The van der Waals surface area contributed by atoms with Gasteiger partial charge in [0.05, 0.1) is 0 Å². The first kappa shape index (κ1) is 12.3. The lowest BCUT2D eigenvalue weighted by atomic mass is 10.1. The molecule has 1 aromatic carbocycles. The molecular formula is C14H15N3O. The molecule has 92 valence electrons. The van der Waals surface area contributed by atoms with E-state index in [1.807, 2.05) is 37.3 Å². The van der Waals surface area contributed by atoms with Gasteiger partial charge in [-0.25, -0.2) is 5.43 Å². The van der Waals surface area contributed by atoms with E-state index in [0.717, 1.165) is 5.56 Å². The van der Waals surface area contributed by atoms with Crippen molar-refractivity contribution in [2.24, 2.45) is 0 Å². The van der Waals surface area contributed by atoms with E-state index >= 15 is 0 Å². The van der Waals surface area contributed by atoms with Crippen LogP contribution in [0.5, 0.6) is 0 Å². The van der Waals surface area contributed by atoms with Gasteiger partial charge in [-0.05, 0) is 30.7 Å². The van der Waals surface area contributed by atoms with Gasteiger partial charge in [-0.15, -0.1) is 0 Å². The molecule has 0 fully saturated rings. The summed E-state index contributed by atoms with van der Waals surface area (Å²) in [7, 11) is 0. The molecule has 0 saturated carbocycles. The lowest BCUT2D eigenvalue weighted by Crippen LogP contribution is -2.39. The van der Waals surface area contributed by atoms with Crippen LogP contribution in [0.25, 0.3) is 0 Å². The average Bonchev–Trinajstić information content (AvgIpc) is 2.46. The van der Waals surface area contributed by atoms with E-state index in [0.29, 0.717) is 5.56 Å².